The second-order valence-electron chi connectivity index (χ2n) is 5.48. The molecule has 3 aromatic rings. The maximum atomic E-state index is 9.51. The quantitative estimate of drug-likeness (QED) is 0.759. The summed E-state index contributed by atoms with van der Waals surface area (Å²) in [7, 11) is 0. The number of hydrogen-bond donors (Lipinski definition) is 2. The Hall–Kier alpha value is -1.92. The predicted molar refractivity (Wildman–Crippen MR) is 90.6 cm³/mol. The molecule has 0 bridgehead atoms. The summed E-state index contributed by atoms with van der Waals surface area (Å²) in [5.74, 6) is 0.785. The molecule has 0 fully saturated rings. The van der Waals surface area contributed by atoms with E-state index < -0.39 is 6.10 Å². The molecular formula is C16H20N4OS. The Balaban J connectivity index is 2.01. The van der Waals surface area contributed by atoms with Gasteiger partial charge in [0.1, 0.15) is 0 Å². The average molecular weight is 316 g/mol. The molecule has 2 aromatic heterocycles. The van der Waals surface area contributed by atoms with Crippen molar-refractivity contribution in [3.05, 3.63) is 39.8 Å². The number of aliphatic hydroxyl groups excluding tert-OH is 1. The first kappa shape index (κ1) is 15.0. The second-order valence-corrected chi connectivity index (χ2v) is 6.77. The number of benzene rings is 1. The summed E-state index contributed by atoms with van der Waals surface area (Å²) in [4.78, 5) is 10.4. The fourth-order valence-corrected chi connectivity index (χ4v) is 3.40. The minimum atomic E-state index is -0.416. The highest BCUT2D eigenvalue weighted by molar-refractivity contribution is 7.11. The zero-order valence-corrected chi connectivity index (χ0v) is 13.8. The predicted octanol–water partition coefficient (Wildman–Crippen LogP) is 2.95. The number of aryl methyl sites for hydroxylation is 2. The maximum absolute atomic E-state index is 9.51. The topological polar surface area (TPSA) is 63.0 Å². The van der Waals surface area contributed by atoms with Crippen LogP contribution in [0.5, 0.6) is 0 Å². The molecule has 1 atom stereocenters. The molecule has 0 unspecified atom stereocenters. The zero-order chi connectivity index (χ0) is 15.7. The lowest BCUT2D eigenvalue weighted by molar-refractivity contribution is 0.208. The highest BCUT2D eigenvalue weighted by Crippen LogP contribution is 2.25. The Morgan fingerprint density at radius 1 is 1.27 bits per heavy atom. The number of nitrogens with one attached hydrogen (secondary N) is 1. The number of thiazole rings is 1. The Morgan fingerprint density at radius 2 is 2.05 bits per heavy atom. The van der Waals surface area contributed by atoms with Gasteiger partial charge in [0.2, 0.25) is 5.95 Å². The molecule has 116 valence electrons. The number of fused-ring (bicyclic) bond motifs is 1. The van der Waals surface area contributed by atoms with E-state index in [1.165, 1.54) is 4.88 Å². The third-order valence-electron chi connectivity index (χ3n) is 3.51. The molecule has 5 nitrogen and oxygen atoms in total. The fourth-order valence-electron chi connectivity index (χ4n) is 2.47. The van der Waals surface area contributed by atoms with Gasteiger partial charge in [0, 0.05) is 11.4 Å². The van der Waals surface area contributed by atoms with Gasteiger partial charge in [0.05, 0.1) is 34.4 Å². The van der Waals surface area contributed by atoms with E-state index >= 15 is 0 Å². The molecule has 0 saturated heterocycles. The standard InChI is InChI=1S/C16H20N4OS/c1-10(21)8-17-16-19-13-6-4-5-7-14(13)20(16)9-15-11(2)18-12(3)22-15/h4-7,10,21H,8-9H2,1-3H3,(H,17,19)/t10-/m1/s1. The van der Waals surface area contributed by atoms with Gasteiger partial charge >= 0.3 is 0 Å². The SMILES string of the molecule is Cc1nc(C)c(Cn2c(NC[C@@H](C)O)nc3ccccc32)s1. The molecule has 0 saturated carbocycles. The van der Waals surface area contributed by atoms with Crippen molar-refractivity contribution >= 4 is 28.3 Å². The molecular weight excluding hydrogens is 296 g/mol. The van der Waals surface area contributed by atoms with Crippen molar-refractivity contribution in [2.24, 2.45) is 0 Å². The third kappa shape index (κ3) is 2.98. The largest absolute Gasteiger partial charge is 0.392 e. The minimum absolute atomic E-state index is 0.416. The van der Waals surface area contributed by atoms with Gasteiger partial charge in [-0.15, -0.1) is 11.3 Å². The van der Waals surface area contributed by atoms with Crippen LogP contribution in [0.25, 0.3) is 11.0 Å². The molecule has 22 heavy (non-hydrogen) atoms. The van der Waals surface area contributed by atoms with Crippen LogP contribution in [0.2, 0.25) is 0 Å². The van der Waals surface area contributed by atoms with Crippen LogP contribution in [-0.4, -0.2) is 32.3 Å². The lowest BCUT2D eigenvalue weighted by Crippen LogP contribution is -2.18. The summed E-state index contributed by atoms with van der Waals surface area (Å²) in [6.07, 6.45) is -0.416. The van der Waals surface area contributed by atoms with Crippen molar-refractivity contribution < 1.29 is 5.11 Å². The molecule has 0 spiro atoms. The zero-order valence-electron chi connectivity index (χ0n) is 13.0. The second kappa shape index (κ2) is 6.06. The molecule has 0 radical (unpaired) electrons. The Kier molecular flexibility index (Phi) is 4.13. The molecule has 0 aliphatic heterocycles. The number of rotatable bonds is 5. The number of nitrogens with zero attached hydrogens (tertiary/aromatic N) is 3. The molecule has 6 heteroatoms. The van der Waals surface area contributed by atoms with Gasteiger partial charge in [-0.05, 0) is 32.9 Å². The molecule has 2 heterocycles. The summed E-state index contributed by atoms with van der Waals surface area (Å²) in [6.45, 7) is 7.04. The van der Waals surface area contributed by atoms with Gasteiger partial charge < -0.3 is 15.0 Å². The Bertz CT molecular complexity index is 791. The van der Waals surface area contributed by atoms with Crippen LogP contribution in [0, 0.1) is 13.8 Å². The van der Waals surface area contributed by atoms with E-state index in [2.05, 4.69) is 25.9 Å². The van der Waals surface area contributed by atoms with E-state index in [0.717, 1.165) is 34.2 Å². The van der Waals surface area contributed by atoms with Crippen molar-refractivity contribution in [2.75, 3.05) is 11.9 Å². The normalized spacial score (nSPS) is 12.7. The van der Waals surface area contributed by atoms with Crippen LogP contribution in [-0.2, 0) is 6.54 Å². The first-order valence-corrected chi connectivity index (χ1v) is 8.16. The van der Waals surface area contributed by atoms with Crippen LogP contribution in [0.1, 0.15) is 22.5 Å². The van der Waals surface area contributed by atoms with Gasteiger partial charge in [-0.2, -0.15) is 0 Å². The molecule has 2 N–H and O–H groups in total. The van der Waals surface area contributed by atoms with E-state index in [1.54, 1.807) is 18.3 Å². The van der Waals surface area contributed by atoms with Crippen molar-refractivity contribution in [3.8, 4) is 0 Å². The van der Waals surface area contributed by atoms with Crippen LogP contribution in [0.3, 0.4) is 0 Å². The summed E-state index contributed by atoms with van der Waals surface area (Å²) < 4.78 is 2.15. The van der Waals surface area contributed by atoms with E-state index in [0.29, 0.717) is 6.54 Å². The molecule has 0 amide bonds. The first-order valence-electron chi connectivity index (χ1n) is 7.34. The van der Waals surface area contributed by atoms with E-state index in [1.807, 2.05) is 32.0 Å². The van der Waals surface area contributed by atoms with Gasteiger partial charge in [-0.1, -0.05) is 12.1 Å². The van der Waals surface area contributed by atoms with Crippen LogP contribution in [0.15, 0.2) is 24.3 Å². The van der Waals surface area contributed by atoms with Crippen LogP contribution < -0.4 is 5.32 Å². The van der Waals surface area contributed by atoms with E-state index in [4.69, 9.17) is 0 Å². The van der Waals surface area contributed by atoms with Gasteiger partial charge in [0.15, 0.2) is 0 Å². The maximum Gasteiger partial charge on any atom is 0.204 e. The van der Waals surface area contributed by atoms with Gasteiger partial charge in [0.25, 0.3) is 0 Å². The monoisotopic (exact) mass is 316 g/mol. The first-order chi connectivity index (χ1) is 10.5. The van der Waals surface area contributed by atoms with Crippen molar-refractivity contribution in [1.29, 1.82) is 0 Å². The number of aromatic nitrogens is 3. The summed E-state index contributed by atoms with van der Waals surface area (Å²) in [5, 5.41) is 13.8. The summed E-state index contributed by atoms with van der Waals surface area (Å²) >= 11 is 1.72. The highest BCUT2D eigenvalue weighted by Gasteiger charge is 2.14. The average Bonchev–Trinajstić information content (AvgIpc) is 2.98. The summed E-state index contributed by atoms with van der Waals surface area (Å²) in [6, 6.07) is 8.08. The lowest BCUT2D eigenvalue weighted by Gasteiger charge is -2.11. The van der Waals surface area contributed by atoms with Crippen molar-refractivity contribution in [1.82, 2.24) is 14.5 Å². The number of aliphatic hydroxyl groups is 1. The van der Waals surface area contributed by atoms with Crippen molar-refractivity contribution in [3.63, 3.8) is 0 Å². The molecule has 3 rings (SSSR count). The minimum Gasteiger partial charge on any atom is -0.392 e. The molecule has 1 aromatic carbocycles. The number of anilines is 1. The van der Waals surface area contributed by atoms with Gasteiger partial charge in [-0.3, -0.25) is 0 Å². The fraction of sp³-hybridized carbons (Fsp3) is 0.375. The van der Waals surface area contributed by atoms with E-state index in [-0.39, 0.29) is 0 Å². The van der Waals surface area contributed by atoms with Crippen LogP contribution >= 0.6 is 11.3 Å². The number of para-hydroxylation sites is 2. The smallest absolute Gasteiger partial charge is 0.204 e. The Morgan fingerprint density at radius 3 is 2.73 bits per heavy atom. The third-order valence-corrected chi connectivity index (χ3v) is 4.57. The number of imidazole rings is 1. The Labute approximate surface area is 133 Å². The summed E-state index contributed by atoms with van der Waals surface area (Å²) in [5.41, 5.74) is 3.11. The van der Waals surface area contributed by atoms with E-state index in [9.17, 15) is 5.11 Å². The lowest BCUT2D eigenvalue weighted by atomic mass is 10.3. The highest BCUT2D eigenvalue weighted by atomic mass is 32.1. The van der Waals surface area contributed by atoms with Crippen molar-refractivity contribution in [2.45, 2.75) is 33.4 Å². The number of hydrogen-bond acceptors (Lipinski definition) is 5. The molecule has 0 aliphatic carbocycles. The van der Waals surface area contributed by atoms with Crippen LogP contribution in [0.4, 0.5) is 5.95 Å². The van der Waals surface area contributed by atoms with Gasteiger partial charge in [-0.25, -0.2) is 9.97 Å². The molecule has 0 aliphatic rings.